The van der Waals surface area contributed by atoms with E-state index in [0.717, 1.165) is 66.0 Å². The fraction of sp³-hybridized carbons (Fsp3) is 0.607. The van der Waals surface area contributed by atoms with Crippen LogP contribution in [0, 0.1) is 18.3 Å². The van der Waals surface area contributed by atoms with Crippen LogP contribution in [-0.4, -0.2) is 33.6 Å². The van der Waals surface area contributed by atoms with Crippen LogP contribution in [0.4, 0.5) is 5.82 Å². The number of hydrazine groups is 2. The second-order valence-electron chi connectivity index (χ2n) is 11.0. The first-order chi connectivity index (χ1) is 16.8. The zero-order valence-electron chi connectivity index (χ0n) is 22.2. The zero-order chi connectivity index (χ0) is 24.8. The minimum atomic E-state index is 0.313. The Morgan fingerprint density at radius 3 is 2.66 bits per heavy atom. The molecule has 0 spiro atoms. The van der Waals surface area contributed by atoms with Gasteiger partial charge in [-0.2, -0.15) is 0 Å². The van der Waals surface area contributed by atoms with Crippen LogP contribution in [-0.2, 0) is 12.8 Å². The molecule has 3 N–H and O–H groups in total. The van der Waals surface area contributed by atoms with Gasteiger partial charge in [0.25, 0.3) is 0 Å². The molecule has 0 radical (unpaired) electrons. The molecule has 1 aliphatic carbocycles. The Kier molecular flexibility index (Phi) is 8.26. The van der Waals surface area contributed by atoms with E-state index in [1.165, 1.54) is 37.7 Å². The van der Waals surface area contributed by atoms with Gasteiger partial charge >= 0.3 is 0 Å². The van der Waals surface area contributed by atoms with Crippen LogP contribution in [0.3, 0.4) is 0 Å². The number of nitrogens with zero attached hydrogens (tertiary/aromatic N) is 4. The molecule has 35 heavy (non-hydrogen) atoms. The molecule has 0 saturated heterocycles. The van der Waals surface area contributed by atoms with Gasteiger partial charge in [0, 0.05) is 25.4 Å². The normalized spacial score (nSPS) is 17.1. The number of nitrogens with one attached hydrogen (secondary N) is 3. The summed E-state index contributed by atoms with van der Waals surface area (Å²) in [5.74, 6) is 2.56. The molecule has 1 saturated carbocycles. The maximum absolute atomic E-state index is 4.99. The van der Waals surface area contributed by atoms with Gasteiger partial charge in [-0.05, 0) is 48.8 Å². The number of pyridine rings is 1. The summed E-state index contributed by atoms with van der Waals surface area (Å²) in [6, 6.07) is 6.37. The fourth-order valence-electron chi connectivity index (χ4n) is 4.93. The highest BCUT2D eigenvalue weighted by atomic mass is 15.7. The summed E-state index contributed by atoms with van der Waals surface area (Å²) >= 11 is 0. The Hall–Kier alpha value is -2.67. The van der Waals surface area contributed by atoms with Crippen LogP contribution in [0.25, 0.3) is 5.70 Å². The lowest BCUT2D eigenvalue weighted by Crippen LogP contribution is -2.35. The predicted molar refractivity (Wildman–Crippen MR) is 143 cm³/mol. The summed E-state index contributed by atoms with van der Waals surface area (Å²) in [6.45, 7) is 9.63. The summed E-state index contributed by atoms with van der Waals surface area (Å²) in [7, 11) is 2.01. The summed E-state index contributed by atoms with van der Waals surface area (Å²) in [4.78, 5) is 14.2. The van der Waals surface area contributed by atoms with Gasteiger partial charge in [0.2, 0.25) is 0 Å². The van der Waals surface area contributed by atoms with Gasteiger partial charge in [0.15, 0.2) is 0 Å². The molecule has 2 aromatic heterocycles. The molecule has 2 aliphatic rings. The van der Waals surface area contributed by atoms with Crippen LogP contribution >= 0.6 is 0 Å². The van der Waals surface area contributed by atoms with E-state index >= 15 is 0 Å². The smallest absolute Gasteiger partial charge is 0.130 e. The molecular weight excluding hydrogens is 434 g/mol. The highest BCUT2D eigenvalue weighted by molar-refractivity contribution is 5.66. The second-order valence-corrected chi connectivity index (χ2v) is 11.0. The molecule has 1 aliphatic heterocycles. The van der Waals surface area contributed by atoms with E-state index in [0.29, 0.717) is 12.0 Å². The average Bonchev–Trinajstić information content (AvgIpc) is 3.24. The van der Waals surface area contributed by atoms with Crippen molar-refractivity contribution in [3.8, 4) is 0 Å². The third-order valence-corrected chi connectivity index (χ3v) is 7.85. The lowest BCUT2D eigenvalue weighted by Gasteiger charge is -2.22. The maximum Gasteiger partial charge on any atom is 0.130 e. The van der Waals surface area contributed by atoms with Gasteiger partial charge in [-0.25, -0.2) is 9.97 Å². The van der Waals surface area contributed by atoms with Crippen LogP contribution in [0.1, 0.15) is 88.5 Å². The molecule has 7 nitrogen and oxygen atoms in total. The second kappa shape index (κ2) is 11.4. The Morgan fingerprint density at radius 2 is 1.91 bits per heavy atom. The van der Waals surface area contributed by atoms with Gasteiger partial charge in [-0.3, -0.25) is 15.4 Å². The monoisotopic (exact) mass is 477 g/mol. The predicted octanol–water partition coefficient (Wildman–Crippen LogP) is 5.41. The quantitative estimate of drug-likeness (QED) is 0.422. The van der Waals surface area contributed by atoms with Crippen molar-refractivity contribution in [1.82, 2.24) is 30.9 Å². The molecule has 3 heterocycles. The number of aromatic nitrogens is 3. The van der Waals surface area contributed by atoms with Gasteiger partial charge < -0.3 is 5.32 Å². The summed E-state index contributed by atoms with van der Waals surface area (Å²) < 4.78 is 0. The van der Waals surface area contributed by atoms with Crippen molar-refractivity contribution >= 4 is 11.5 Å². The Bertz CT molecular complexity index is 1020. The van der Waals surface area contributed by atoms with E-state index < -0.39 is 0 Å². The summed E-state index contributed by atoms with van der Waals surface area (Å²) in [5.41, 5.74) is 12.4. The van der Waals surface area contributed by atoms with Crippen LogP contribution in [0.15, 0.2) is 30.1 Å². The first-order valence-electron chi connectivity index (χ1n) is 13.4. The van der Waals surface area contributed by atoms with E-state index in [1.54, 1.807) is 0 Å². The first-order valence-corrected chi connectivity index (χ1v) is 13.4. The highest BCUT2D eigenvalue weighted by Crippen LogP contribution is 2.29. The van der Waals surface area contributed by atoms with Gasteiger partial charge in [0.05, 0.1) is 23.6 Å². The largest absolute Gasteiger partial charge is 0.364 e. The lowest BCUT2D eigenvalue weighted by atomic mass is 9.84. The molecule has 2 aromatic rings. The molecule has 0 aromatic carbocycles. The minimum absolute atomic E-state index is 0.313. The highest BCUT2D eigenvalue weighted by Gasteiger charge is 2.23. The number of hydrogen-bond acceptors (Lipinski definition) is 7. The number of aryl methyl sites for hydroxylation is 2. The first kappa shape index (κ1) is 25.4. The minimum Gasteiger partial charge on any atom is -0.364 e. The molecule has 7 heteroatoms. The Labute approximate surface area is 211 Å². The molecule has 0 bridgehead atoms. The third-order valence-electron chi connectivity index (χ3n) is 7.85. The average molecular weight is 478 g/mol. The van der Waals surface area contributed by atoms with Gasteiger partial charge in [-0.15, -0.1) is 5.53 Å². The molecular formula is C28H43N7. The number of hydrogen-bond donors (Lipinski definition) is 3. The van der Waals surface area contributed by atoms with Crippen LogP contribution < -0.4 is 16.3 Å². The maximum atomic E-state index is 4.99. The molecule has 0 atom stereocenters. The molecule has 1 fully saturated rings. The van der Waals surface area contributed by atoms with E-state index in [9.17, 15) is 0 Å². The van der Waals surface area contributed by atoms with Crippen molar-refractivity contribution in [2.75, 3.05) is 18.9 Å². The van der Waals surface area contributed by atoms with Crippen molar-refractivity contribution in [1.29, 1.82) is 0 Å². The van der Waals surface area contributed by atoms with Crippen molar-refractivity contribution < 1.29 is 0 Å². The Balaban J connectivity index is 1.43. The van der Waals surface area contributed by atoms with Crippen molar-refractivity contribution in [2.45, 2.75) is 85.5 Å². The van der Waals surface area contributed by atoms with E-state index in [1.807, 2.05) is 24.3 Å². The summed E-state index contributed by atoms with van der Waals surface area (Å²) in [6.07, 6.45) is 13.0. The van der Waals surface area contributed by atoms with E-state index in [4.69, 9.17) is 9.97 Å². The lowest BCUT2D eigenvalue weighted by molar-refractivity contribution is 0.305. The molecule has 190 valence electrons. The fourth-order valence-corrected chi connectivity index (χ4v) is 4.93. The zero-order valence-corrected chi connectivity index (χ0v) is 22.2. The van der Waals surface area contributed by atoms with Crippen molar-refractivity contribution in [3.05, 3.63) is 52.9 Å². The standard InChI is InChI=1S/C28H43N7/c1-6-28(3,4)16-14-25-29-17-15-26(32-25)30-19-24-27(33-34-35(24)5)23-13-12-22(20(2)31-23)18-21-10-8-7-9-11-21/h12-13,15,17,21,33-34H,6-11,14,16,18-19H2,1-5H3,(H,29,30,32). The van der Waals surface area contributed by atoms with Gasteiger partial charge in [-0.1, -0.05) is 65.4 Å². The third kappa shape index (κ3) is 6.72. The van der Waals surface area contributed by atoms with Crippen molar-refractivity contribution in [3.63, 3.8) is 0 Å². The van der Waals surface area contributed by atoms with Crippen molar-refractivity contribution in [2.24, 2.45) is 11.3 Å². The number of likely N-dealkylation sites (N-methyl/N-ethyl adjacent to an activating group) is 1. The topological polar surface area (TPSA) is 78.0 Å². The molecule has 4 rings (SSSR count). The van der Waals surface area contributed by atoms with E-state index in [2.05, 4.69) is 61.1 Å². The van der Waals surface area contributed by atoms with Crippen LogP contribution in [0.2, 0.25) is 0 Å². The SMILES string of the molecule is CCC(C)(C)CCc1nccc(NCC2=C(c3ccc(CC4CCCCC4)c(C)n3)NNN2C)n1. The van der Waals surface area contributed by atoms with E-state index in [-0.39, 0.29) is 0 Å². The van der Waals surface area contributed by atoms with Crippen LogP contribution in [0.5, 0.6) is 0 Å². The number of rotatable bonds is 10. The Morgan fingerprint density at radius 1 is 1.11 bits per heavy atom. The molecule has 0 amide bonds. The summed E-state index contributed by atoms with van der Waals surface area (Å²) in [5, 5.41) is 5.49. The number of anilines is 1. The molecule has 0 unspecified atom stereocenters. The van der Waals surface area contributed by atoms with Gasteiger partial charge in [0.1, 0.15) is 11.6 Å².